The van der Waals surface area contributed by atoms with Crippen LogP contribution in [0.3, 0.4) is 0 Å². The second-order valence-corrected chi connectivity index (χ2v) is 5.64. The van der Waals surface area contributed by atoms with Crippen LogP contribution in [0.5, 0.6) is 0 Å². The highest BCUT2D eigenvalue weighted by Crippen LogP contribution is 2.26. The largest absolute Gasteiger partial charge is 0.312 e. The quantitative estimate of drug-likeness (QED) is 0.782. The minimum Gasteiger partial charge on any atom is -0.312 e. The summed E-state index contributed by atoms with van der Waals surface area (Å²) >= 11 is 0. The molecule has 0 aromatic carbocycles. The molecular formula is C15H23NO. The van der Waals surface area contributed by atoms with Gasteiger partial charge >= 0.3 is 0 Å². The van der Waals surface area contributed by atoms with Gasteiger partial charge in [-0.1, -0.05) is 39.2 Å². The predicted molar refractivity (Wildman–Crippen MR) is 71.4 cm³/mol. The highest BCUT2D eigenvalue weighted by molar-refractivity contribution is 5.11. The Morgan fingerprint density at radius 1 is 1.29 bits per heavy atom. The summed E-state index contributed by atoms with van der Waals surface area (Å²) in [5.41, 5.74) is 1.22. The Bertz CT molecular complexity index is 413. The molecule has 1 fully saturated rings. The van der Waals surface area contributed by atoms with E-state index < -0.39 is 0 Å². The normalized spacial score (nSPS) is 17.6. The summed E-state index contributed by atoms with van der Waals surface area (Å²) in [4.78, 5) is 12.4. The molecule has 0 spiro atoms. The van der Waals surface area contributed by atoms with Crippen LogP contribution < -0.4 is 5.56 Å². The zero-order chi connectivity index (χ0) is 12.3. The van der Waals surface area contributed by atoms with Crippen LogP contribution in [0.2, 0.25) is 0 Å². The number of pyridine rings is 1. The average Bonchev–Trinajstić information content (AvgIpc) is 2.32. The van der Waals surface area contributed by atoms with E-state index in [1.165, 1.54) is 32.1 Å². The molecule has 1 saturated carbocycles. The molecule has 0 amide bonds. The van der Waals surface area contributed by atoms with Gasteiger partial charge in [0.05, 0.1) is 0 Å². The van der Waals surface area contributed by atoms with Crippen LogP contribution in [-0.4, -0.2) is 4.57 Å². The lowest BCUT2D eigenvalue weighted by Gasteiger charge is -2.24. The maximum atomic E-state index is 12.4. The van der Waals surface area contributed by atoms with Crippen LogP contribution in [0.1, 0.15) is 57.6 Å². The zero-order valence-electron chi connectivity index (χ0n) is 11.0. The third kappa shape index (κ3) is 2.99. The Hall–Kier alpha value is -1.05. The highest BCUT2D eigenvalue weighted by atomic mass is 16.1. The van der Waals surface area contributed by atoms with Crippen molar-refractivity contribution < 1.29 is 0 Å². The van der Waals surface area contributed by atoms with Crippen molar-refractivity contribution in [3.63, 3.8) is 0 Å². The van der Waals surface area contributed by atoms with Crippen LogP contribution in [-0.2, 0) is 6.42 Å². The lowest BCUT2D eigenvalue weighted by Crippen LogP contribution is -2.28. The maximum absolute atomic E-state index is 12.4. The second-order valence-electron chi connectivity index (χ2n) is 5.64. The summed E-state index contributed by atoms with van der Waals surface area (Å²) in [5, 5.41) is 0. The predicted octanol–water partition coefficient (Wildman–Crippen LogP) is 3.55. The van der Waals surface area contributed by atoms with E-state index in [-0.39, 0.29) is 5.56 Å². The molecule has 0 N–H and O–H groups in total. The fourth-order valence-corrected chi connectivity index (χ4v) is 2.80. The van der Waals surface area contributed by atoms with Crippen LogP contribution >= 0.6 is 0 Å². The van der Waals surface area contributed by atoms with Gasteiger partial charge in [0.1, 0.15) is 0 Å². The van der Waals surface area contributed by atoms with E-state index in [2.05, 4.69) is 13.8 Å². The Balaban J connectivity index is 2.25. The minimum absolute atomic E-state index is 0.244. The van der Waals surface area contributed by atoms with Gasteiger partial charge in [-0.25, -0.2) is 0 Å². The molecule has 0 unspecified atom stereocenters. The molecule has 94 valence electrons. The number of rotatable bonds is 3. The van der Waals surface area contributed by atoms with E-state index in [0.29, 0.717) is 12.0 Å². The first-order chi connectivity index (χ1) is 8.18. The lowest BCUT2D eigenvalue weighted by molar-refractivity contribution is 0.345. The molecule has 0 radical (unpaired) electrons. The van der Waals surface area contributed by atoms with Gasteiger partial charge < -0.3 is 4.57 Å². The van der Waals surface area contributed by atoms with E-state index in [1.54, 1.807) is 0 Å². The van der Waals surface area contributed by atoms with Crippen molar-refractivity contribution in [1.29, 1.82) is 0 Å². The minimum atomic E-state index is 0.244. The van der Waals surface area contributed by atoms with Gasteiger partial charge in [0.2, 0.25) is 0 Å². The van der Waals surface area contributed by atoms with Crippen LogP contribution in [0.25, 0.3) is 0 Å². The first-order valence-electron chi connectivity index (χ1n) is 6.88. The molecule has 1 aliphatic rings. The van der Waals surface area contributed by atoms with Crippen molar-refractivity contribution in [3.05, 3.63) is 34.2 Å². The van der Waals surface area contributed by atoms with E-state index >= 15 is 0 Å². The van der Waals surface area contributed by atoms with Crippen LogP contribution in [0.4, 0.5) is 0 Å². The fraction of sp³-hybridized carbons (Fsp3) is 0.667. The highest BCUT2D eigenvalue weighted by Gasteiger charge is 2.17. The second kappa shape index (κ2) is 5.52. The third-order valence-electron chi connectivity index (χ3n) is 3.65. The number of nitrogens with zero attached hydrogens (tertiary/aromatic N) is 1. The molecule has 1 aromatic heterocycles. The molecule has 17 heavy (non-hydrogen) atoms. The molecule has 2 heteroatoms. The summed E-state index contributed by atoms with van der Waals surface area (Å²) < 4.78 is 1.98. The van der Waals surface area contributed by atoms with Gasteiger partial charge in [-0.2, -0.15) is 0 Å². The van der Waals surface area contributed by atoms with Gasteiger partial charge in [0.15, 0.2) is 0 Å². The van der Waals surface area contributed by atoms with Crippen molar-refractivity contribution in [1.82, 2.24) is 4.57 Å². The molecule has 2 rings (SSSR count). The van der Waals surface area contributed by atoms with E-state index in [9.17, 15) is 4.79 Å². The summed E-state index contributed by atoms with van der Waals surface area (Å²) in [7, 11) is 0. The van der Waals surface area contributed by atoms with E-state index in [0.717, 1.165) is 12.0 Å². The lowest BCUT2D eigenvalue weighted by atomic mass is 9.95. The summed E-state index contributed by atoms with van der Waals surface area (Å²) in [6.07, 6.45) is 9.08. The Labute approximate surface area is 104 Å². The Kier molecular flexibility index (Phi) is 4.03. The molecule has 1 aromatic rings. The molecule has 0 atom stereocenters. The SMILES string of the molecule is CC(C)Cc1cccn(C2CCCCC2)c1=O. The van der Waals surface area contributed by atoms with Crippen LogP contribution in [0.15, 0.2) is 23.1 Å². The van der Waals surface area contributed by atoms with E-state index in [1.807, 2.05) is 22.9 Å². The maximum Gasteiger partial charge on any atom is 0.253 e. The molecule has 2 nitrogen and oxygen atoms in total. The topological polar surface area (TPSA) is 22.0 Å². The van der Waals surface area contributed by atoms with Gasteiger partial charge in [-0.05, 0) is 31.2 Å². The number of aromatic nitrogens is 1. The fourth-order valence-electron chi connectivity index (χ4n) is 2.80. The van der Waals surface area contributed by atoms with Gasteiger partial charge in [-0.3, -0.25) is 4.79 Å². The molecular weight excluding hydrogens is 210 g/mol. The van der Waals surface area contributed by atoms with Crippen molar-refractivity contribution in [2.75, 3.05) is 0 Å². The average molecular weight is 233 g/mol. The Morgan fingerprint density at radius 2 is 2.00 bits per heavy atom. The molecule has 0 aliphatic heterocycles. The summed E-state index contributed by atoms with van der Waals surface area (Å²) in [6.45, 7) is 4.33. The summed E-state index contributed by atoms with van der Waals surface area (Å²) in [5.74, 6) is 0.546. The van der Waals surface area contributed by atoms with Crippen molar-refractivity contribution >= 4 is 0 Å². The number of hydrogen-bond acceptors (Lipinski definition) is 1. The standard InChI is InChI=1S/C15H23NO/c1-12(2)11-13-7-6-10-16(15(13)17)14-8-4-3-5-9-14/h6-7,10,12,14H,3-5,8-9,11H2,1-2H3. The van der Waals surface area contributed by atoms with Crippen molar-refractivity contribution in [2.24, 2.45) is 5.92 Å². The first-order valence-corrected chi connectivity index (χ1v) is 6.88. The van der Waals surface area contributed by atoms with Gasteiger partial charge in [0, 0.05) is 17.8 Å². The summed E-state index contributed by atoms with van der Waals surface area (Å²) in [6, 6.07) is 4.47. The zero-order valence-corrected chi connectivity index (χ0v) is 11.0. The van der Waals surface area contributed by atoms with Crippen molar-refractivity contribution in [3.8, 4) is 0 Å². The molecule has 1 heterocycles. The third-order valence-corrected chi connectivity index (χ3v) is 3.65. The van der Waals surface area contributed by atoms with Gasteiger partial charge in [0.25, 0.3) is 5.56 Å². The molecule has 0 bridgehead atoms. The van der Waals surface area contributed by atoms with Crippen LogP contribution in [0, 0.1) is 5.92 Å². The van der Waals surface area contributed by atoms with E-state index in [4.69, 9.17) is 0 Å². The smallest absolute Gasteiger partial charge is 0.253 e. The molecule has 0 saturated heterocycles. The Morgan fingerprint density at radius 3 is 2.65 bits per heavy atom. The monoisotopic (exact) mass is 233 g/mol. The molecule has 1 aliphatic carbocycles. The number of hydrogen-bond donors (Lipinski definition) is 0. The van der Waals surface area contributed by atoms with Gasteiger partial charge in [-0.15, -0.1) is 0 Å². The first kappa shape index (κ1) is 12.4. The van der Waals surface area contributed by atoms with Crippen molar-refractivity contribution in [2.45, 2.75) is 58.4 Å².